The van der Waals surface area contributed by atoms with Crippen molar-refractivity contribution in [2.75, 3.05) is 0 Å². The summed E-state index contributed by atoms with van der Waals surface area (Å²) in [7, 11) is 0. The van der Waals surface area contributed by atoms with E-state index in [1.165, 1.54) is 25.0 Å². The second kappa shape index (κ2) is 4.16. The molecule has 17 heavy (non-hydrogen) atoms. The van der Waals surface area contributed by atoms with Crippen molar-refractivity contribution >= 4 is 17.4 Å². The second-order valence-corrected chi connectivity index (χ2v) is 6.11. The number of nitrogens with zero attached hydrogens (tertiary/aromatic N) is 1. The predicted molar refractivity (Wildman–Crippen MR) is 71.1 cm³/mol. The van der Waals surface area contributed by atoms with Crippen molar-refractivity contribution < 1.29 is 4.79 Å². The van der Waals surface area contributed by atoms with Gasteiger partial charge < -0.3 is 4.57 Å². The molecular formula is C14H20ClNO. The molecule has 1 aliphatic carbocycles. The van der Waals surface area contributed by atoms with E-state index in [0.717, 1.165) is 11.3 Å². The summed E-state index contributed by atoms with van der Waals surface area (Å²) >= 11 is 5.90. The fraction of sp³-hybridized carbons (Fsp3) is 0.643. The highest BCUT2D eigenvalue weighted by molar-refractivity contribution is 6.33. The third kappa shape index (κ3) is 1.93. The Hall–Kier alpha value is -0.760. The Kier molecular flexibility index (Phi) is 3.11. The van der Waals surface area contributed by atoms with Crippen molar-refractivity contribution in [3.8, 4) is 0 Å². The lowest BCUT2D eigenvalue weighted by molar-refractivity contribution is 0.0990. The van der Waals surface area contributed by atoms with E-state index >= 15 is 0 Å². The van der Waals surface area contributed by atoms with E-state index in [2.05, 4.69) is 18.4 Å². The van der Waals surface area contributed by atoms with Crippen LogP contribution in [-0.2, 0) is 5.54 Å². The smallest absolute Gasteiger partial charge is 0.182 e. The summed E-state index contributed by atoms with van der Waals surface area (Å²) in [6.45, 7) is 8.12. The summed E-state index contributed by atoms with van der Waals surface area (Å²) in [6, 6.07) is 1.99. The van der Waals surface area contributed by atoms with Crippen LogP contribution in [0.15, 0.2) is 6.07 Å². The van der Waals surface area contributed by atoms with E-state index in [-0.39, 0.29) is 11.3 Å². The minimum atomic E-state index is -0.446. The molecule has 0 amide bonds. The fourth-order valence-corrected chi connectivity index (χ4v) is 3.09. The van der Waals surface area contributed by atoms with Crippen LogP contribution in [0.4, 0.5) is 0 Å². The van der Waals surface area contributed by atoms with E-state index in [1.807, 2.05) is 13.0 Å². The molecule has 0 bridgehead atoms. The molecule has 0 aromatic carbocycles. The number of carbonyl (C=O) groups excluding carboxylic acids is 1. The maximum atomic E-state index is 12.0. The SMILES string of the molecule is Cc1cc(C(=O)C(C)Cl)c(C)n1C1(C)CCC1. The van der Waals surface area contributed by atoms with Crippen molar-refractivity contribution in [2.24, 2.45) is 0 Å². The van der Waals surface area contributed by atoms with Crippen LogP contribution in [0.5, 0.6) is 0 Å². The molecule has 1 aliphatic rings. The molecule has 0 N–H and O–H groups in total. The van der Waals surface area contributed by atoms with Crippen molar-refractivity contribution in [1.82, 2.24) is 4.57 Å². The van der Waals surface area contributed by atoms with E-state index in [4.69, 9.17) is 11.6 Å². The van der Waals surface area contributed by atoms with E-state index in [9.17, 15) is 4.79 Å². The number of hydrogen-bond donors (Lipinski definition) is 0. The van der Waals surface area contributed by atoms with Crippen LogP contribution in [0.2, 0.25) is 0 Å². The zero-order valence-corrected chi connectivity index (χ0v) is 11.8. The zero-order valence-electron chi connectivity index (χ0n) is 11.0. The highest BCUT2D eigenvalue weighted by Crippen LogP contribution is 2.41. The Morgan fingerprint density at radius 3 is 2.47 bits per heavy atom. The summed E-state index contributed by atoms with van der Waals surface area (Å²) in [6.07, 6.45) is 3.68. The molecule has 1 fully saturated rings. The van der Waals surface area contributed by atoms with Gasteiger partial charge in [-0.05, 0) is 53.0 Å². The van der Waals surface area contributed by atoms with Crippen LogP contribution in [0.1, 0.15) is 54.9 Å². The lowest BCUT2D eigenvalue weighted by Gasteiger charge is -2.42. The Morgan fingerprint density at radius 1 is 1.47 bits per heavy atom. The van der Waals surface area contributed by atoms with Gasteiger partial charge in [-0.1, -0.05) is 0 Å². The number of aryl methyl sites for hydroxylation is 1. The Balaban J connectivity index is 2.46. The molecule has 0 radical (unpaired) electrons. The molecular weight excluding hydrogens is 234 g/mol. The molecule has 2 nitrogen and oxygen atoms in total. The Morgan fingerprint density at radius 2 is 2.06 bits per heavy atom. The Labute approximate surface area is 108 Å². The highest BCUT2D eigenvalue weighted by Gasteiger charge is 2.36. The maximum Gasteiger partial charge on any atom is 0.182 e. The summed E-state index contributed by atoms with van der Waals surface area (Å²) in [5.41, 5.74) is 3.24. The third-order valence-corrected chi connectivity index (χ3v) is 4.23. The summed E-state index contributed by atoms with van der Waals surface area (Å²) in [5.74, 6) is 0.0361. The van der Waals surface area contributed by atoms with Crippen molar-refractivity contribution in [1.29, 1.82) is 0 Å². The summed E-state index contributed by atoms with van der Waals surface area (Å²) in [5, 5.41) is -0.446. The first-order valence-electron chi connectivity index (χ1n) is 6.24. The maximum absolute atomic E-state index is 12.0. The van der Waals surface area contributed by atoms with Crippen molar-refractivity contribution in [3.05, 3.63) is 23.0 Å². The van der Waals surface area contributed by atoms with Gasteiger partial charge in [0.25, 0.3) is 0 Å². The van der Waals surface area contributed by atoms with E-state index < -0.39 is 5.38 Å². The highest BCUT2D eigenvalue weighted by atomic mass is 35.5. The lowest BCUT2D eigenvalue weighted by atomic mass is 9.78. The molecule has 1 saturated carbocycles. The van der Waals surface area contributed by atoms with Gasteiger partial charge >= 0.3 is 0 Å². The molecule has 94 valence electrons. The molecule has 0 spiro atoms. The largest absolute Gasteiger partial charge is 0.343 e. The van der Waals surface area contributed by atoms with Gasteiger partial charge in [0.05, 0.1) is 5.38 Å². The molecule has 0 aliphatic heterocycles. The average molecular weight is 254 g/mol. The fourth-order valence-electron chi connectivity index (χ4n) is 2.97. The lowest BCUT2D eigenvalue weighted by Crippen LogP contribution is -2.38. The minimum Gasteiger partial charge on any atom is -0.343 e. The second-order valence-electron chi connectivity index (χ2n) is 5.45. The van der Waals surface area contributed by atoms with Crippen LogP contribution >= 0.6 is 11.6 Å². The van der Waals surface area contributed by atoms with Crippen LogP contribution in [-0.4, -0.2) is 15.7 Å². The van der Waals surface area contributed by atoms with Crippen LogP contribution < -0.4 is 0 Å². The van der Waals surface area contributed by atoms with Gasteiger partial charge in [-0.3, -0.25) is 4.79 Å². The summed E-state index contributed by atoms with van der Waals surface area (Å²) < 4.78 is 2.32. The van der Waals surface area contributed by atoms with Crippen LogP contribution in [0, 0.1) is 13.8 Å². The minimum absolute atomic E-state index is 0.0361. The predicted octanol–water partition coefficient (Wildman–Crippen LogP) is 3.81. The number of ketones is 1. The van der Waals surface area contributed by atoms with E-state index in [0.29, 0.717) is 0 Å². The first-order valence-corrected chi connectivity index (χ1v) is 6.68. The first-order chi connectivity index (χ1) is 7.87. The molecule has 1 unspecified atom stereocenters. The van der Waals surface area contributed by atoms with E-state index in [1.54, 1.807) is 6.92 Å². The third-order valence-electron chi connectivity index (χ3n) is 4.03. The monoisotopic (exact) mass is 253 g/mol. The molecule has 3 heteroatoms. The first kappa shape index (κ1) is 12.7. The molecule has 1 aromatic rings. The summed E-state index contributed by atoms with van der Waals surface area (Å²) in [4.78, 5) is 12.0. The number of hydrogen-bond acceptors (Lipinski definition) is 1. The quantitative estimate of drug-likeness (QED) is 0.593. The van der Waals surface area contributed by atoms with Crippen LogP contribution in [0.3, 0.4) is 0 Å². The number of alkyl halides is 1. The molecule has 2 rings (SSSR count). The molecule has 1 atom stereocenters. The standard InChI is InChI=1S/C14H20ClNO/c1-9-8-12(13(17)10(2)15)11(3)16(9)14(4)6-5-7-14/h8,10H,5-7H2,1-4H3. The van der Waals surface area contributed by atoms with Crippen molar-refractivity contribution in [3.63, 3.8) is 0 Å². The molecule has 0 saturated heterocycles. The van der Waals surface area contributed by atoms with Gasteiger partial charge in [-0.2, -0.15) is 0 Å². The topological polar surface area (TPSA) is 22.0 Å². The number of halogens is 1. The normalized spacial score (nSPS) is 19.8. The van der Waals surface area contributed by atoms with Gasteiger partial charge in [-0.25, -0.2) is 0 Å². The Bertz CT molecular complexity index is 455. The van der Waals surface area contributed by atoms with Gasteiger partial charge in [0.15, 0.2) is 5.78 Å². The van der Waals surface area contributed by atoms with Gasteiger partial charge in [-0.15, -0.1) is 11.6 Å². The number of rotatable bonds is 3. The zero-order chi connectivity index (χ0) is 12.8. The van der Waals surface area contributed by atoms with Gasteiger partial charge in [0.1, 0.15) is 0 Å². The van der Waals surface area contributed by atoms with Gasteiger partial charge in [0, 0.05) is 22.5 Å². The molecule has 1 aromatic heterocycles. The number of carbonyl (C=O) groups is 1. The average Bonchev–Trinajstić information content (AvgIpc) is 2.50. The molecule has 1 heterocycles. The number of aromatic nitrogens is 1. The van der Waals surface area contributed by atoms with Crippen LogP contribution in [0.25, 0.3) is 0 Å². The number of Topliss-reactive ketones (excluding diaryl/α,β-unsaturated/α-hetero) is 1. The van der Waals surface area contributed by atoms with Crippen molar-refractivity contribution in [2.45, 2.75) is 57.9 Å². The van der Waals surface area contributed by atoms with Gasteiger partial charge in [0.2, 0.25) is 0 Å².